The van der Waals surface area contributed by atoms with E-state index in [1.807, 2.05) is 11.5 Å². The first kappa shape index (κ1) is 21.4. The van der Waals surface area contributed by atoms with Crippen LogP contribution in [0.15, 0.2) is 42.5 Å². The van der Waals surface area contributed by atoms with Gasteiger partial charge in [0.25, 0.3) is 0 Å². The van der Waals surface area contributed by atoms with E-state index in [1.165, 1.54) is 30.4 Å². The summed E-state index contributed by atoms with van der Waals surface area (Å²) in [5, 5.41) is 2.67. The number of hydrogen-bond donors (Lipinski definition) is 1. The Morgan fingerprint density at radius 1 is 1.10 bits per heavy atom. The number of carbonyl (C=O) groups excluding carboxylic acids is 3. The van der Waals surface area contributed by atoms with Crippen LogP contribution in [0.2, 0.25) is 0 Å². The summed E-state index contributed by atoms with van der Waals surface area (Å²) in [6, 6.07) is 11.1. The predicted molar refractivity (Wildman–Crippen MR) is 112 cm³/mol. The molecule has 156 valence electrons. The molecule has 1 aromatic carbocycles. The Bertz CT molecular complexity index is 1100. The van der Waals surface area contributed by atoms with E-state index in [1.54, 1.807) is 37.3 Å². The lowest BCUT2D eigenvalue weighted by molar-refractivity contribution is -0.119. The second-order valence-corrected chi connectivity index (χ2v) is 7.94. The van der Waals surface area contributed by atoms with Gasteiger partial charge in [-0.1, -0.05) is 0 Å². The number of aryl methyl sites for hydroxylation is 1. The Morgan fingerprint density at radius 2 is 1.80 bits per heavy atom. The Morgan fingerprint density at radius 3 is 2.47 bits per heavy atom. The van der Waals surface area contributed by atoms with Gasteiger partial charge in [-0.3, -0.25) is 9.59 Å². The number of hydrogen-bond acceptors (Lipinski definition) is 5. The number of nitrogens with one attached hydrogen (secondary N) is 1. The first-order valence-electron chi connectivity index (χ1n) is 9.24. The molecule has 30 heavy (non-hydrogen) atoms. The molecule has 2 aromatic heterocycles. The molecule has 0 unspecified atom stereocenters. The minimum Gasteiger partial charge on any atom is -0.454 e. The Hall–Kier alpha value is -3.26. The van der Waals surface area contributed by atoms with Crippen molar-refractivity contribution >= 4 is 29.0 Å². The lowest BCUT2D eigenvalue weighted by Crippen LogP contribution is -2.18. The molecule has 0 aliphatic rings. The van der Waals surface area contributed by atoms with E-state index in [0.717, 1.165) is 16.3 Å². The molecule has 3 aromatic rings. The van der Waals surface area contributed by atoms with Crippen molar-refractivity contribution in [1.82, 2.24) is 9.88 Å². The highest BCUT2D eigenvalue weighted by Gasteiger charge is 2.20. The van der Waals surface area contributed by atoms with Crippen LogP contribution in [-0.4, -0.2) is 28.8 Å². The summed E-state index contributed by atoms with van der Waals surface area (Å²) in [7, 11) is 0. The minimum absolute atomic E-state index is 0.150. The van der Waals surface area contributed by atoms with Crippen LogP contribution in [-0.2, 0) is 16.1 Å². The zero-order chi connectivity index (χ0) is 21.8. The molecule has 2 heterocycles. The SMILES string of the molecule is CC(=O)NCc1ccc(C(=O)COC(=O)c2cc(C)n(-c3ccc(F)cc3)c2C)s1. The molecular formula is C22H21FN2O4S. The van der Waals surface area contributed by atoms with Crippen LogP contribution >= 0.6 is 11.3 Å². The lowest BCUT2D eigenvalue weighted by Gasteiger charge is -2.10. The van der Waals surface area contributed by atoms with E-state index in [-0.39, 0.29) is 24.1 Å². The molecule has 0 aliphatic carbocycles. The summed E-state index contributed by atoms with van der Waals surface area (Å²) >= 11 is 1.25. The van der Waals surface area contributed by atoms with Crippen molar-refractivity contribution in [3.63, 3.8) is 0 Å². The summed E-state index contributed by atoms with van der Waals surface area (Å²) in [6.45, 7) is 5.00. The maximum atomic E-state index is 13.2. The van der Waals surface area contributed by atoms with Crippen molar-refractivity contribution in [2.24, 2.45) is 0 Å². The number of Topliss-reactive ketones (excluding diaryl/α,β-unsaturated/α-hetero) is 1. The standard InChI is InChI=1S/C22H21FN2O4S/c1-13-10-19(14(2)25(13)17-6-4-16(23)5-7-17)22(28)29-12-20(27)21-9-8-18(30-21)11-24-15(3)26/h4-10H,11-12H2,1-3H3,(H,24,26). The van der Waals surface area contributed by atoms with Crippen molar-refractivity contribution in [2.75, 3.05) is 6.61 Å². The average Bonchev–Trinajstić information content (AvgIpc) is 3.30. The fourth-order valence-corrected chi connectivity index (χ4v) is 3.94. The summed E-state index contributed by atoms with van der Waals surface area (Å²) in [5.74, 6) is -1.40. The van der Waals surface area contributed by atoms with Gasteiger partial charge in [0.05, 0.1) is 17.0 Å². The first-order chi connectivity index (χ1) is 14.3. The van der Waals surface area contributed by atoms with Gasteiger partial charge in [-0.25, -0.2) is 9.18 Å². The summed E-state index contributed by atoms with van der Waals surface area (Å²) in [4.78, 5) is 37.2. The predicted octanol–water partition coefficient (Wildman–Crippen LogP) is 3.97. The molecule has 0 bridgehead atoms. The van der Waals surface area contributed by atoms with Crippen molar-refractivity contribution < 1.29 is 23.5 Å². The van der Waals surface area contributed by atoms with E-state index < -0.39 is 5.97 Å². The molecule has 0 aliphatic heterocycles. The first-order valence-corrected chi connectivity index (χ1v) is 10.1. The van der Waals surface area contributed by atoms with E-state index in [2.05, 4.69) is 5.32 Å². The second kappa shape index (κ2) is 9.04. The summed E-state index contributed by atoms with van der Waals surface area (Å²) in [5.41, 5.74) is 2.51. The number of nitrogens with zero attached hydrogens (tertiary/aromatic N) is 1. The fraction of sp³-hybridized carbons (Fsp3) is 0.227. The molecule has 0 spiro atoms. The summed E-state index contributed by atoms with van der Waals surface area (Å²) in [6.07, 6.45) is 0. The lowest BCUT2D eigenvalue weighted by atomic mass is 10.2. The van der Waals surface area contributed by atoms with Crippen LogP contribution in [0, 0.1) is 19.7 Å². The van der Waals surface area contributed by atoms with Gasteiger partial charge in [-0.05, 0) is 56.3 Å². The van der Waals surface area contributed by atoms with Gasteiger partial charge in [0, 0.05) is 28.9 Å². The molecule has 8 heteroatoms. The normalized spacial score (nSPS) is 10.7. The monoisotopic (exact) mass is 428 g/mol. The van der Waals surface area contributed by atoms with E-state index in [9.17, 15) is 18.8 Å². The molecule has 0 atom stereocenters. The third-order valence-electron chi connectivity index (χ3n) is 4.52. The van der Waals surface area contributed by atoms with Crippen LogP contribution in [0.25, 0.3) is 5.69 Å². The number of ether oxygens (including phenoxy) is 1. The number of ketones is 1. The second-order valence-electron chi connectivity index (χ2n) is 6.77. The molecular weight excluding hydrogens is 407 g/mol. The number of esters is 1. The van der Waals surface area contributed by atoms with Gasteiger partial charge in [0.2, 0.25) is 11.7 Å². The quantitative estimate of drug-likeness (QED) is 0.456. The number of benzene rings is 1. The van der Waals surface area contributed by atoms with Crippen LogP contribution in [0.4, 0.5) is 4.39 Å². The van der Waals surface area contributed by atoms with Gasteiger partial charge in [-0.15, -0.1) is 11.3 Å². The molecule has 0 saturated heterocycles. The summed E-state index contributed by atoms with van der Waals surface area (Å²) < 4.78 is 20.3. The molecule has 0 radical (unpaired) electrons. The number of amides is 1. The minimum atomic E-state index is -0.597. The Labute approximate surface area is 177 Å². The largest absolute Gasteiger partial charge is 0.454 e. The van der Waals surface area contributed by atoms with Gasteiger partial charge in [-0.2, -0.15) is 0 Å². The number of carbonyl (C=O) groups is 3. The van der Waals surface area contributed by atoms with E-state index in [4.69, 9.17) is 4.74 Å². The average molecular weight is 428 g/mol. The number of thiophene rings is 1. The smallest absolute Gasteiger partial charge is 0.340 e. The third kappa shape index (κ3) is 4.83. The van der Waals surface area contributed by atoms with Crippen LogP contribution < -0.4 is 5.32 Å². The van der Waals surface area contributed by atoms with Crippen LogP contribution in [0.5, 0.6) is 0 Å². The number of rotatable bonds is 7. The van der Waals surface area contributed by atoms with Gasteiger partial charge in [0.1, 0.15) is 5.82 Å². The molecule has 6 nitrogen and oxygen atoms in total. The molecule has 0 saturated carbocycles. The van der Waals surface area contributed by atoms with Gasteiger partial charge >= 0.3 is 5.97 Å². The Kier molecular flexibility index (Phi) is 6.47. The molecule has 3 rings (SSSR count). The molecule has 1 amide bonds. The van der Waals surface area contributed by atoms with Crippen molar-refractivity contribution in [1.29, 1.82) is 0 Å². The maximum absolute atomic E-state index is 13.2. The highest BCUT2D eigenvalue weighted by molar-refractivity contribution is 7.14. The highest BCUT2D eigenvalue weighted by atomic mass is 32.1. The topological polar surface area (TPSA) is 77.4 Å². The highest BCUT2D eigenvalue weighted by Crippen LogP contribution is 2.22. The number of aromatic nitrogens is 1. The van der Waals surface area contributed by atoms with E-state index >= 15 is 0 Å². The maximum Gasteiger partial charge on any atom is 0.340 e. The zero-order valence-corrected chi connectivity index (χ0v) is 17.6. The van der Waals surface area contributed by atoms with Crippen molar-refractivity contribution in [3.05, 3.63) is 75.0 Å². The fourth-order valence-electron chi connectivity index (χ4n) is 3.07. The van der Waals surface area contributed by atoms with Crippen LogP contribution in [0.3, 0.4) is 0 Å². The van der Waals surface area contributed by atoms with Gasteiger partial charge < -0.3 is 14.6 Å². The molecule has 0 fully saturated rings. The zero-order valence-electron chi connectivity index (χ0n) is 16.8. The molecule has 1 N–H and O–H groups in total. The van der Waals surface area contributed by atoms with Crippen molar-refractivity contribution in [3.8, 4) is 5.69 Å². The number of halogens is 1. The van der Waals surface area contributed by atoms with Crippen LogP contribution in [0.1, 0.15) is 43.2 Å². The van der Waals surface area contributed by atoms with Crippen molar-refractivity contribution in [2.45, 2.75) is 27.3 Å². The Balaban J connectivity index is 1.66. The van der Waals surface area contributed by atoms with Gasteiger partial charge in [0.15, 0.2) is 6.61 Å². The van der Waals surface area contributed by atoms with E-state index in [0.29, 0.717) is 22.7 Å². The third-order valence-corrected chi connectivity index (χ3v) is 5.64.